The van der Waals surface area contributed by atoms with Crippen LogP contribution in [0.25, 0.3) is 0 Å². The number of anilines is 1. The molecule has 24 heavy (non-hydrogen) atoms. The van der Waals surface area contributed by atoms with Crippen molar-refractivity contribution in [2.75, 3.05) is 5.73 Å². The molecule has 9 heteroatoms. The molecule has 8 nitrogen and oxygen atoms in total. The van der Waals surface area contributed by atoms with Gasteiger partial charge < -0.3 is 5.73 Å². The van der Waals surface area contributed by atoms with Gasteiger partial charge in [-0.3, -0.25) is 10.1 Å². The Morgan fingerprint density at radius 2 is 1.96 bits per heavy atom. The van der Waals surface area contributed by atoms with Crippen molar-refractivity contribution in [1.82, 2.24) is 4.83 Å². The van der Waals surface area contributed by atoms with E-state index in [2.05, 4.69) is 9.93 Å². The minimum absolute atomic E-state index is 0.232. The highest BCUT2D eigenvalue weighted by atomic mass is 32.2. The molecule has 0 unspecified atom stereocenters. The molecule has 0 bridgehead atoms. The van der Waals surface area contributed by atoms with Crippen molar-refractivity contribution < 1.29 is 13.3 Å². The number of nitrogens with two attached hydrogens (primary N) is 1. The molecule has 0 spiro atoms. The van der Waals surface area contributed by atoms with Gasteiger partial charge in [0.05, 0.1) is 15.5 Å². The van der Waals surface area contributed by atoms with Gasteiger partial charge in [-0.1, -0.05) is 18.2 Å². The second-order valence-corrected chi connectivity index (χ2v) is 6.78. The highest BCUT2D eigenvalue weighted by Gasteiger charge is 2.19. The molecule has 2 aromatic rings. The summed E-state index contributed by atoms with van der Waals surface area (Å²) in [4.78, 5) is 12.1. The predicted molar refractivity (Wildman–Crippen MR) is 91.2 cm³/mol. The summed E-state index contributed by atoms with van der Waals surface area (Å²) in [7, 11) is -4.02. The lowest BCUT2D eigenvalue weighted by Crippen LogP contribution is -2.20. The summed E-state index contributed by atoms with van der Waals surface area (Å²) in [5, 5.41) is 14.8. The average molecular weight is 348 g/mol. The lowest BCUT2D eigenvalue weighted by Gasteiger charge is -2.06. The maximum Gasteiger partial charge on any atom is 0.276 e. The monoisotopic (exact) mass is 348 g/mol. The van der Waals surface area contributed by atoms with Crippen molar-refractivity contribution in [1.29, 1.82) is 0 Å². The zero-order valence-corrected chi connectivity index (χ0v) is 13.9. The van der Waals surface area contributed by atoms with Crippen LogP contribution in [0.4, 0.5) is 11.4 Å². The first-order valence-electron chi connectivity index (χ1n) is 6.88. The minimum atomic E-state index is -4.02. The van der Waals surface area contributed by atoms with Gasteiger partial charge in [-0.25, -0.2) is 0 Å². The molecule has 2 aromatic carbocycles. The molecule has 0 aliphatic rings. The lowest BCUT2D eigenvalue weighted by atomic mass is 10.1. The molecular weight excluding hydrogens is 332 g/mol. The molecule has 0 aliphatic heterocycles. The lowest BCUT2D eigenvalue weighted by molar-refractivity contribution is -0.385. The fourth-order valence-corrected chi connectivity index (χ4v) is 2.84. The molecule has 0 amide bonds. The van der Waals surface area contributed by atoms with E-state index in [1.54, 1.807) is 31.2 Å². The van der Waals surface area contributed by atoms with E-state index in [1.807, 2.05) is 0 Å². The zero-order chi connectivity index (χ0) is 17.9. The first kappa shape index (κ1) is 17.4. The standard InChI is InChI=1S/C15H16N4O4S/c1-10-6-7-14(9-15(10)19(20)21)24(22,23)18-17-11(2)12-4-3-5-13(16)8-12/h3-9,18H,16H2,1-2H3/b17-11+. The number of nitrogens with one attached hydrogen (secondary N) is 1. The first-order chi connectivity index (χ1) is 11.2. The van der Waals surface area contributed by atoms with E-state index in [4.69, 9.17) is 5.73 Å². The topological polar surface area (TPSA) is 128 Å². The number of rotatable bonds is 5. The quantitative estimate of drug-likeness (QED) is 0.370. The highest BCUT2D eigenvalue weighted by Crippen LogP contribution is 2.22. The Bertz CT molecular complexity index is 923. The minimum Gasteiger partial charge on any atom is -0.399 e. The smallest absolute Gasteiger partial charge is 0.276 e. The molecule has 0 heterocycles. The maximum absolute atomic E-state index is 12.3. The van der Waals surface area contributed by atoms with Crippen LogP contribution in [0.2, 0.25) is 0 Å². The Morgan fingerprint density at radius 3 is 2.58 bits per heavy atom. The predicted octanol–water partition coefficient (Wildman–Crippen LogP) is 2.19. The number of nitrogens with zero attached hydrogens (tertiary/aromatic N) is 2. The van der Waals surface area contributed by atoms with E-state index < -0.39 is 14.9 Å². The van der Waals surface area contributed by atoms with Gasteiger partial charge in [-0.2, -0.15) is 18.4 Å². The van der Waals surface area contributed by atoms with Crippen molar-refractivity contribution in [2.24, 2.45) is 5.10 Å². The molecule has 0 radical (unpaired) electrons. The summed E-state index contributed by atoms with van der Waals surface area (Å²) in [5.41, 5.74) is 7.37. The first-order valence-corrected chi connectivity index (χ1v) is 8.36. The van der Waals surface area contributed by atoms with Gasteiger partial charge in [-0.05, 0) is 37.6 Å². The largest absolute Gasteiger partial charge is 0.399 e. The van der Waals surface area contributed by atoms with Crippen LogP contribution >= 0.6 is 0 Å². The Balaban J connectivity index is 2.30. The average Bonchev–Trinajstić information content (AvgIpc) is 2.52. The van der Waals surface area contributed by atoms with Crippen LogP contribution in [0, 0.1) is 17.0 Å². The number of nitro groups is 1. The van der Waals surface area contributed by atoms with E-state index in [0.717, 1.165) is 6.07 Å². The number of sulfonamides is 1. The maximum atomic E-state index is 12.3. The van der Waals surface area contributed by atoms with Gasteiger partial charge in [0, 0.05) is 17.3 Å². The van der Waals surface area contributed by atoms with Gasteiger partial charge in [0.1, 0.15) is 0 Å². The van der Waals surface area contributed by atoms with Gasteiger partial charge >= 0.3 is 0 Å². The summed E-state index contributed by atoms with van der Waals surface area (Å²) in [6.07, 6.45) is 0. The van der Waals surface area contributed by atoms with Crippen LogP contribution in [0.5, 0.6) is 0 Å². The molecule has 3 N–H and O–H groups in total. The third kappa shape index (κ3) is 3.87. The number of benzene rings is 2. The van der Waals surface area contributed by atoms with Crippen LogP contribution in [-0.2, 0) is 10.0 Å². The second-order valence-electron chi connectivity index (χ2n) is 5.12. The molecule has 0 saturated carbocycles. The second kappa shape index (κ2) is 6.67. The number of hydrogen-bond donors (Lipinski definition) is 2. The van der Waals surface area contributed by atoms with Gasteiger partial charge in [0.2, 0.25) is 0 Å². The van der Waals surface area contributed by atoms with E-state index in [0.29, 0.717) is 22.5 Å². The summed E-state index contributed by atoms with van der Waals surface area (Å²) in [5.74, 6) is 0. The van der Waals surface area contributed by atoms with Crippen molar-refractivity contribution >= 4 is 27.1 Å². The van der Waals surface area contributed by atoms with Crippen molar-refractivity contribution in [3.8, 4) is 0 Å². The van der Waals surface area contributed by atoms with Crippen LogP contribution in [-0.4, -0.2) is 19.1 Å². The Hall–Kier alpha value is -2.94. The van der Waals surface area contributed by atoms with Crippen molar-refractivity contribution in [2.45, 2.75) is 18.7 Å². The molecule has 126 valence electrons. The zero-order valence-electron chi connectivity index (χ0n) is 13.1. The molecule has 0 atom stereocenters. The number of nitro benzene ring substituents is 1. The van der Waals surface area contributed by atoms with Crippen LogP contribution in [0.3, 0.4) is 0 Å². The normalized spacial score (nSPS) is 12.0. The van der Waals surface area contributed by atoms with E-state index in [-0.39, 0.29) is 10.6 Å². The molecule has 2 rings (SSSR count). The molecular formula is C15H16N4O4S. The summed E-state index contributed by atoms with van der Waals surface area (Å²) >= 11 is 0. The summed E-state index contributed by atoms with van der Waals surface area (Å²) in [6, 6.07) is 10.5. The summed E-state index contributed by atoms with van der Waals surface area (Å²) in [6.45, 7) is 3.15. The van der Waals surface area contributed by atoms with Crippen LogP contribution in [0.15, 0.2) is 52.5 Å². The number of nitrogen functional groups attached to an aromatic ring is 1. The van der Waals surface area contributed by atoms with Gasteiger partial charge in [-0.15, -0.1) is 0 Å². The van der Waals surface area contributed by atoms with E-state index in [9.17, 15) is 18.5 Å². The molecule has 0 aromatic heterocycles. The Kier molecular flexibility index (Phi) is 4.84. The molecule has 0 aliphatic carbocycles. The third-order valence-corrected chi connectivity index (χ3v) is 4.53. The third-order valence-electron chi connectivity index (χ3n) is 3.33. The molecule has 0 saturated heterocycles. The summed E-state index contributed by atoms with van der Waals surface area (Å²) < 4.78 is 24.5. The number of hydrogen-bond acceptors (Lipinski definition) is 6. The molecule has 0 fully saturated rings. The van der Waals surface area contributed by atoms with Gasteiger partial charge in [0.15, 0.2) is 0 Å². The Labute approximate surface area is 139 Å². The van der Waals surface area contributed by atoms with E-state index >= 15 is 0 Å². The van der Waals surface area contributed by atoms with Gasteiger partial charge in [0.25, 0.3) is 15.7 Å². The fourth-order valence-electron chi connectivity index (χ4n) is 1.96. The van der Waals surface area contributed by atoms with Crippen molar-refractivity contribution in [3.63, 3.8) is 0 Å². The van der Waals surface area contributed by atoms with Crippen LogP contribution in [0.1, 0.15) is 18.1 Å². The fraction of sp³-hybridized carbons (Fsp3) is 0.133. The number of hydrazone groups is 1. The number of aryl methyl sites for hydroxylation is 1. The SMILES string of the molecule is C/C(=N\NS(=O)(=O)c1ccc(C)c([N+](=O)[O-])c1)c1cccc(N)c1. The Morgan fingerprint density at radius 1 is 1.25 bits per heavy atom. The van der Waals surface area contributed by atoms with E-state index in [1.165, 1.54) is 19.1 Å². The van der Waals surface area contributed by atoms with Crippen LogP contribution < -0.4 is 10.6 Å². The van der Waals surface area contributed by atoms with Crippen molar-refractivity contribution in [3.05, 3.63) is 63.7 Å². The highest BCUT2D eigenvalue weighted by molar-refractivity contribution is 7.89.